The molecule has 0 radical (unpaired) electrons. The summed E-state index contributed by atoms with van der Waals surface area (Å²) in [5.74, 6) is 13.8. The Morgan fingerprint density at radius 2 is 0.466 bits per heavy atom. The van der Waals surface area contributed by atoms with Gasteiger partial charge in [0.1, 0.15) is 0 Å². The smallest absolute Gasteiger partial charge is 0.423 e. The zero-order chi connectivity index (χ0) is 67.6. The number of rotatable bonds is 11. The summed E-state index contributed by atoms with van der Waals surface area (Å²) < 4.78 is 11.4. The quantitative estimate of drug-likeness (QED) is 0.132. The number of methoxy groups -OCH3 is 2. The molecule has 9 saturated carbocycles. The maximum Gasteiger partial charge on any atom is 0.488 e. The Morgan fingerprint density at radius 3 is 0.670 bits per heavy atom. The van der Waals surface area contributed by atoms with Crippen molar-refractivity contribution in [1.82, 2.24) is 0 Å². The van der Waals surface area contributed by atoms with Crippen LogP contribution in [0.1, 0.15) is 371 Å². The van der Waals surface area contributed by atoms with E-state index in [4.69, 9.17) is 19.5 Å². The van der Waals surface area contributed by atoms with Crippen molar-refractivity contribution in [1.29, 1.82) is 0 Å². The fraction of sp³-hybridized carbons (Fsp3) is 0.804. The molecule has 0 aromatic heterocycles. The third kappa shape index (κ3) is 31.9. The van der Waals surface area contributed by atoms with E-state index < -0.39 is 7.12 Å². The number of alkyl halides is 1. The van der Waals surface area contributed by atoms with Gasteiger partial charge in [-0.1, -0.05) is 119 Å². The van der Waals surface area contributed by atoms with Crippen molar-refractivity contribution >= 4 is 79.0 Å². The fourth-order valence-electron chi connectivity index (χ4n) is 20.7. The van der Waals surface area contributed by atoms with Gasteiger partial charge in [-0.25, -0.2) is 0 Å². The first kappa shape index (κ1) is 105. The van der Waals surface area contributed by atoms with Crippen LogP contribution in [0.25, 0.3) is 0 Å². The molecule has 12 rings (SSSR count). The Kier molecular flexibility index (Phi) is 53.5. The highest BCUT2D eigenvalue weighted by molar-refractivity contribution is 9.69. The Morgan fingerprint density at radius 1 is 0.291 bits per heavy atom. The van der Waals surface area contributed by atoms with E-state index in [-0.39, 0.29) is 76.1 Å². The zero-order valence-corrected chi connectivity index (χ0v) is 67.5. The van der Waals surface area contributed by atoms with Crippen LogP contribution in [-0.4, -0.2) is 62.8 Å². The summed E-state index contributed by atoms with van der Waals surface area (Å²) in [7, 11) is 2.42. The van der Waals surface area contributed by atoms with Gasteiger partial charge in [0.25, 0.3) is 0 Å². The van der Waals surface area contributed by atoms with Gasteiger partial charge < -0.3 is 24.6 Å². The second kappa shape index (κ2) is 52.7. The molecule has 0 bridgehead atoms. The average Bonchev–Trinajstić information content (AvgIpc) is 0.825. The summed E-state index contributed by atoms with van der Waals surface area (Å²) in [4.78, 5) is 0.820. The molecule has 0 amide bonds. The minimum atomic E-state index is -1.36. The molecule has 11 heteroatoms. The summed E-state index contributed by atoms with van der Waals surface area (Å²) in [6.45, 7) is 19.6. The number of benzene rings is 3. The molecule has 0 atom stereocenters. The number of hydrogen-bond acceptors (Lipinski definition) is 5. The van der Waals surface area contributed by atoms with Gasteiger partial charge >= 0.3 is 10.3 Å². The van der Waals surface area contributed by atoms with Gasteiger partial charge in [0, 0.05) is 19.0 Å². The third-order valence-electron chi connectivity index (χ3n) is 27.6. The monoisotopic (exact) mass is 1690 g/mol. The molecule has 3 N–H and O–H groups in total. The minimum absolute atomic E-state index is 0. The standard InChI is InChI=1S/C28H44O.C27H42O.C19H33BrO.C9H13BO2.9CH4.BBr3/c1-19-17-27(18-20(2)21(19)3)26-11-9-23(10-12-26)22-5-7-24(8-6-22)25-13-15-28(29-4)16-14-25;1-18-16-26(17-19(2)20(18)3)25-10-8-22(9-11-25)21-4-6-23(7-5-21)24-12-14-27(28)15-13-24;1-21-19-12-8-17(9-13-19)15-4-2-14(3-5-15)16-6-10-18(20)11-7-16;1-6-4-9(10(11)12)5-7(2)8(6)3;;;;;;;;;;2-1(3)4/h17-18,22-26,28H,5-16H2,1-4H3;16-17,21-25,27-28H,4-15H2,1-3H3;14-19H,2-13H2,1H3;4-5,11-12H,1-3H3;9*1H4;. The lowest BCUT2D eigenvalue weighted by Crippen LogP contribution is -2.30. The fourth-order valence-corrected chi connectivity index (χ4v) is 21.2. The molecule has 9 aliphatic rings. The molecule has 3 aromatic carbocycles. The van der Waals surface area contributed by atoms with Crippen LogP contribution < -0.4 is 5.46 Å². The van der Waals surface area contributed by atoms with E-state index in [0.717, 1.165) is 112 Å². The first-order valence-electron chi connectivity index (χ1n) is 39.0. The van der Waals surface area contributed by atoms with Crippen LogP contribution in [0.4, 0.5) is 0 Å². The zero-order valence-electron chi connectivity index (χ0n) is 61.1. The molecule has 5 nitrogen and oxygen atoms in total. The SMILES string of the molecule is BrB(Br)Br.C.C.C.C.C.C.C.C.C.COC1CCC(C2CCC(C3CCC(Br)CC3)CC2)CC1.COC1CCC(C2CCC(C3CCC(c4cc(C)c(C)c(C)c4)CC3)CC2)CC1.Cc1cc(B(O)O)cc(C)c1C.Cc1cc(C2CCC(C3CCC(C4CCC(O)CC4)CC3)CC2)cc(C)c1C. The van der Waals surface area contributed by atoms with Gasteiger partial charge in [-0.05, 0) is 443 Å². The van der Waals surface area contributed by atoms with Crippen molar-refractivity contribution in [3.05, 3.63) is 97.6 Å². The highest BCUT2D eigenvalue weighted by Crippen LogP contribution is 2.50. The highest BCUT2D eigenvalue weighted by atomic mass is 79.9. The summed E-state index contributed by atoms with van der Waals surface area (Å²) in [5, 5.41) is 27.6. The second-order valence-corrected chi connectivity index (χ2v) is 40.6. The Bertz CT molecular complexity index is 2580. The number of aliphatic hydroxyl groups excluding tert-OH is 1. The van der Waals surface area contributed by atoms with Gasteiger partial charge in [0.15, 0.2) is 0 Å². The molecular weight excluding hydrogens is 1530 g/mol. The second-order valence-electron chi connectivity index (χ2n) is 32.8. The van der Waals surface area contributed by atoms with Crippen molar-refractivity contribution in [2.45, 2.75) is 395 Å². The van der Waals surface area contributed by atoms with Crippen molar-refractivity contribution in [3.63, 3.8) is 0 Å². The molecular formula is C92H168B2Br4O5. The molecule has 0 saturated heterocycles. The molecule has 600 valence electrons. The maximum absolute atomic E-state index is 9.79. The lowest BCUT2D eigenvalue weighted by molar-refractivity contribution is 0.0360. The number of aliphatic hydroxyl groups is 1. The number of aryl methyl sites for hydroxylation is 6. The van der Waals surface area contributed by atoms with Gasteiger partial charge in [0.2, 0.25) is 0 Å². The maximum atomic E-state index is 9.79. The predicted octanol–water partition coefficient (Wildman–Crippen LogP) is 29.3. The van der Waals surface area contributed by atoms with E-state index in [2.05, 4.69) is 129 Å². The van der Waals surface area contributed by atoms with E-state index in [1.54, 1.807) is 23.3 Å². The van der Waals surface area contributed by atoms with Crippen LogP contribution in [0.3, 0.4) is 0 Å². The van der Waals surface area contributed by atoms with E-state index >= 15 is 0 Å². The Hall–Kier alpha value is -0.490. The van der Waals surface area contributed by atoms with Crippen molar-refractivity contribution < 1.29 is 24.6 Å². The largest absolute Gasteiger partial charge is 0.488 e. The highest BCUT2D eigenvalue weighted by Gasteiger charge is 2.39. The van der Waals surface area contributed by atoms with Crippen LogP contribution in [-0.2, 0) is 9.47 Å². The summed E-state index contributed by atoms with van der Waals surface area (Å²) in [6, 6.07) is 13.5. The molecule has 0 heterocycles. The number of halogens is 4. The molecule has 0 spiro atoms. The van der Waals surface area contributed by atoms with Crippen molar-refractivity contribution in [2.24, 2.45) is 71.0 Å². The van der Waals surface area contributed by atoms with Gasteiger partial charge in [-0.3, -0.25) is 0 Å². The van der Waals surface area contributed by atoms with Gasteiger partial charge in [-0.15, -0.1) is 47.3 Å². The lowest BCUT2D eigenvalue weighted by Gasteiger charge is -2.41. The van der Waals surface area contributed by atoms with Gasteiger partial charge in [0.05, 0.1) is 18.3 Å². The van der Waals surface area contributed by atoms with E-state index in [0.29, 0.717) is 17.7 Å². The summed E-state index contributed by atoms with van der Waals surface area (Å²) in [6.07, 6.45) is 52.3. The number of hydrogen-bond donors (Lipinski definition) is 3. The normalized spacial score (nSPS) is 30.9. The van der Waals surface area contributed by atoms with E-state index in [1.807, 2.05) is 35.0 Å². The van der Waals surface area contributed by atoms with E-state index in [9.17, 15) is 5.11 Å². The minimum Gasteiger partial charge on any atom is -0.423 e. The molecule has 9 fully saturated rings. The number of ether oxygens (including phenoxy) is 2. The first-order chi connectivity index (χ1) is 45.1. The Balaban J connectivity index is 0. The van der Waals surface area contributed by atoms with E-state index in [1.165, 1.54) is 257 Å². The average molecular weight is 1700 g/mol. The molecule has 9 aliphatic carbocycles. The topological polar surface area (TPSA) is 79.2 Å². The summed E-state index contributed by atoms with van der Waals surface area (Å²) >= 11 is 13.1. The molecule has 103 heavy (non-hydrogen) atoms. The van der Waals surface area contributed by atoms with Crippen LogP contribution in [0, 0.1) is 133 Å². The van der Waals surface area contributed by atoms with Crippen LogP contribution in [0.15, 0.2) is 36.4 Å². The molecule has 0 unspecified atom stereocenters. The predicted molar refractivity (Wildman–Crippen MR) is 479 cm³/mol. The molecule has 0 aliphatic heterocycles. The van der Waals surface area contributed by atoms with Gasteiger partial charge in [-0.2, -0.15) is 0 Å². The first-order valence-corrected chi connectivity index (χ1v) is 42.6. The third-order valence-corrected chi connectivity index (χ3v) is 28.5. The lowest BCUT2D eigenvalue weighted by atomic mass is 9.65. The van der Waals surface area contributed by atoms with Crippen LogP contribution >= 0.6 is 63.2 Å². The Labute approximate surface area is 676 Å². The molecule has 3 aromatic rings. The van der Waals surface area contributed by atoms with Crippen LogP contribution in [0.5, 0.6) is 0 Å². The van der Waals surface area contributed by atoms with Crippen molar-refractivity contribution in [2.75, 3.05) is 14.2 Å². The van der Waals surface area contributed by atoms with Crippen molar-refractivity contribution in [3.8, 4) is 0 Å². The summed E-state index contributed by atoms with van der Waals surface area (Å²) in [5.41, 5.74) is 16.1. The van der Waals surface area contributed by atoms with Crippen LogP contribution in [0.2, 0.25) is 0 Å².